The molecule has 2 aliphatic rings. The van der Waals surface area contributed by atoms with Crippen LogP contribution in [-0.2, 0) is 22.6 Å². The number of rotatable bonds is 9. The molecule has 3 heterocycles. The number of hydrogen-bond donors (Lipinski definition) is 1. The Kier molecular flexibility index (Phi) is 6.83. The van der Waals surface area contributed by atoms with E-state index in [2.05, 4.69) is 75.6 Å². The molecular formula is C30H35N3O2S. The second-order valence-electron chi connectivity index (χ2n) is 10.3. The van der Waals surface area contributed by atoms with E-state index < -0.39 is 0 Å². The quantitative estimate of drug-likeness (QED) is 0.296. The molecule has 1 unspecified atom stereocenters. The van der Waals surface area contributed by atoms with Gasteiger partial charge in [0.1, 0.15) is 0 Å². The first-order chi connectivity index (χ1) is 17.7. The van der Waals surface area contributed by atoms with E-state index in [0.717, 1.165) is 51.9 Å². The van der Waals surface area contributed by atoms with Crippen molar-refractivity contribution in [1.82, 2.24) is 14.8 Å². The summed E-state index contributed by atoms with van der Waals surface area (Å²) in [6.07, 6.45) is 6.49. The van der Waals surface area contributed by atoms with Crippen LogP contribution in [0.1, 0.15) is 42.0 Å². The number of amides is 1. The lowest BCUT2D eigenvalue weighted by Crippen LogP contribution is -2.46. The second-order valence-corrected chi connectivity index (χ2v) is 11.4. The van der Waals surface area contributed by atoms with Crippen LogP contribution in [0.2, 0.25) is 0 Å². The Balaban J connectivity index is 1.28. The molecule has 2 aromatic carbocycles. The maximum atomic E-state index is 14.2. The van der Waals surface area contributed by atoms with Gasteiger partial charge < -0.3 is 19.5 Å². The van der Waals surface area contributed by atoms with Gasteiger partial charge in [-0.25, -0.2) is 0 Å². The van der Waals surface area contributed by atoms with Crippen LogP contribution in [0.4, 0.5) is 0 Å². The highest BCUT2D eigenvalue weighted by atomic mass is 32.1. The number of para-hydroxylation sites is 1. The van der Waals surface area contributed by atoms with Crippen LogP contribution in [0.3, 0.4) is 0 Å². The zero-order valence-electron chi connectivity index (χ0n) is 21.0. The van der Waals surface area contributed by atoms with Gasteiger partial charge in [-0.15, -0.1) is 11.3 Å². The molecule has 2 aromatic heterocycles. The number of hydrogen-bond acceptors (Lipinski definition) is 4. The highest BCUT2D eigenvalue weighted by Crippen LogP contribution is 2.40. The highest BCUT2D eigenvalue weighted by molar-refractivity contribution is 7.19. The summed E-state index contributed by atoms with van der Waals surface area (Å²) in [5, 5.41) is 6.09. The third-order valence-corrected chi connectivity index (χ3v) is 9.09. The number of methoxy groups -OCH3 is 1. The number of ether oxygens (including phenoxy) is 1. The summed E-state index contributed by atoms with van der Waals surface area (Å²) in [6, 6.07) is 19.9. The smallest absolute Gasteiger partial charge is 0.228 e. The molecule has 6 heteroatoms. The van der Waals surface area contributed by atoms with E-state index in [4.69, 9.17) is 4.74 Å². The Hall–Kier alpha value is -2.67. The van der Waals surface area contributed by atoms with Crippen LogP contribution < -0.4 is 5.32 Å². The fourth-order valence-corrected chi connectivity index (χ4v) is 7.09. The molecule has 0 spiro atoms. The Morgan fingerprint density at radius 1 is 1.14 bits per heavy atom. The monoisotopic (exact) mass is 501 g/mol. The van der Waals surface area contributed by atoms with Gasteiger partial charge in [-0.05, 0) is 61.4 Å². The van der Waals surface area contributed by atoms with Crippen LogP contribution in [0.5, 0.6) is 0 Å². The van der Waals surface area contributed by atoms with E-state index in [1.165, 1.54) is 31.4 Å². The first-order valence-electron chi connectivity index (χ1n) is 13.3. The number of nitrogens with one attached hydrogen (secondary N) is 1. The Labute approximate surface area is 217 Å². The molecule has 36 heavy (non-hydrogen) atoms. The molecule has 1 aliphatic carbocycles. The van der Waals surface area contributed by atoms with Crippen molar-refractivity contribution in [2.24, 2.45) is 5.92 Å². The van der Waals surface area contributed by atoms with Crippen molar-refractivity contribution in [3.05, 3.63) is 71.2 Å². The predicted molar refractivity (Wildman–Crippen MR) is 148 cm³/mol. The van der Waals surface area contributed by atoms with E-state index >= 15 is 0 Å². The van der Waals surface area contributed by atoms with Gasteiger partial charge in [-0.3, -0.25) is 4.79 Å². The number of aryl methyl sites for hydroxylation is 1. The molecule has 1 saturated heterocycles. The van der Waals surface area contributed by atoms with Crippen LogP contribution in [0.15, 0.2) is 60.8 Å². The molecule has 5 nitrogen and oxygen atoms in total. The molecule has 4 aromatic rings. The summed E-state index contributed by atoms with van der Waals surface area (Å²) in [7, 11) is 1.75. The topological polar surface area (TPSA) is 46.5 Å². The molecule has 1 saturated carbocycles. The van der Waals surface area contributed by atoms with Gasteiger partial charge in [0.05, 0.1) is 5.92 Å². The van der Waals surface area contributed by atoms with Crippen molar-refractivity contribution in [2.45, 2.75) is 50.7 Å². The van der Waals surface area contributed by atoms with Crippen molar-refractivity contribution in [3.8, 4) is 0 Å². The summed E-state index contributed by atoms with van der Waals surface area (Å²) in [6.45, 7) is 4.10. The maximum absolute atomic E-state index is 14.2. The van der Waals surface area contributed by atoms with Gasteiger partial charge in [0, 0.05) is 72.0 Å². The molecule has 1 N–H and O–H groups in total. The lowest BCUT2D eigenvalue weighted by atomic mass is 9.84. The van der Waals surface area contributed by atoms with Gasteiger partial charge >= 0.3 is 0 Å². The van der Waals surface area contributed by atoms with Gasteiger partial charge in [-0.1, -0.05) is 36.4 Å². The number of benzene rings is 2. The second kappa shape index (κ2) is 10.4. The fourth-order valence-electron chi connectivity index (χ4n) is 5.83. The van der Waals surface area contributed by atoms with Crippen LogP contribution in [0, 0.1) is 5.92 Å². The molecule has 1 amide bonds. The van der Waals surface area contributed by atoms with Gasteiger partial charge in [0.15, 0.2) is 0 Å². The Morgan fingerprint density at radius 2 is 1.97 bits per heavy atom. The van der Waals surface area contributed by atoms with Crippen LogP contribution >= 0.6 is 11.3 Å². The van der Waals surface area contributed by atoms with Crippen molar-refractivity contribution >= 4 is 38.2 Å². The van der Waals surface area contributed by atoms with E-state index in [9.17, 15) is 4.79 Å². The minimum atomic E-state index is -0.0116. The van der Waals surface area contributed by atoms with Gasteiger partial charge in [0.25, 0.3) is 0 Å². The molecule has 2 fully saturated rings. The van der Waals surface area contributed by atoms with Crippen LogP contribution in [-0.4, -0.2) is 48.2 Å². The van der Waals surface area contributed by atoms with Crippen molar-refractivity contribution in [1.29, 1.82) is 0 Å². The summed E-state index contributed by atoms with van der Waals surface area (Å²) in [5.74, 6) is 0.596. The SMILES string of the molecule is COCCCn1cc(CN(C(=O)C2CNCC[C@@H]2c2cc3ccccc3s2)C2CC2)c2ccccc21. The minimum Gasteiger partial charge on any atom is -0.385 e. The number of thiophene rings is 1. The lowest BCUT2D eigenvalue weighted by molar-refractivity contribution is -0.138. The Bertz CT molecular complexity index is 1320. The molecule has 1 aliphatic heterocycles. The zero-order valence-corrected chi connectivity index (χ0v) is 21.8. The minimum absolute atomic E-state index is 0.0116. The van der Waals surface area contributed by atoms with E-state index in [1.807, 2.05) is 11.3 Å². The van der Waals surface area contributed by atoms with Crippen molar-refractivity contribution < 1.29 is 9.53 Å². The fraction of sp³-hybridized carbons (Fsp3) is 0.433. The average molecular weight is 502 g/mol. The molecular weight excluding hydrogens is 466 g/mol. The molecule has 188 valence electrons. The predicted octanol–water partition coefficient (Wildman–Crippen LogP) is 5.78. The van der Waals surface area contributed by atoms with Gasteiger partial charge in [-0.2, -0.15) is 0 Å². The van der Waals surface area contributed by atoms with Crippen LogP contribution in [0.25, 0.3) is 21.0 Å². The lowest BCUT2D eigenvalue weighted by Gasteiger charge is -2.35. The summed E-state index contributed by atoms with van der Waals surface area (Å²) in [4.78, 5) is 17.8. The summed E-state index contributed by atoms with van der Waals surface area (Å²) in [5.41, 5.74) is 2.50. The normalized spacial score (nSPS) is 20.2. The molecule has 0 bridgehead atoms. The van der Waals surface area contributed by atoms with Crippen molar-refractivity contribution in [3.63, 3.8) is 0 Å². The van der Waals surface area contributed by atoms with E-state index in [-0.39, 0.29) is 11.8 Å². The number of piperidine rings is 1. The first kappa shape index (κ1) is 23.7. The molecule has 2 atom stereocenters. The first-order valence-corrected chi connectivity index (χ1v) is 14.1. The van der Waals surface area contributed by atoms with Gasteiger partial charge in [0.2, 0.25) is 5.91 Å². The Morgan fingerprint density at radius 3 is 2.81 bits per heavy atom. The molecule has 0 radical (unpaired) electrons. The van der Waals surface area contributed by atoms with E-state index in [1.54, 1.807) is 7.11 Å². The van der Waals surface area contributed by atoms with E-state index in [0.29, 0.717) is 18.5 Å². The largest absolute Gasteiger partial charge is 0.385 e. The maximum Gasteiger partial charge on any atom is 0.228 e. The summed E-state index contributed by atoms with van der Waals surface area (Å²) < 4.78 is 8.93. The standard InChI is InChI=1S/C30H35N3O2S/c1-35-16-6-15-32-19-22(24-8-3-4-9-27(24)32)20-33(23-11-12-23)30(34)26-18-31-14-13-25(26)29-17-21-7-2-5-10-28(21)36-29/h2-5,7-10,17,19,23,25-26,31H,6,11-16,18,20H2,1H3/t25-,26?/m0/s1. The number of fused-ring (bicyclic) bond motifs is 2. The summed E-state index contributed by atoms with van der Waals surface area (Å²) >= 11 is 1.87. The highest BCUT2D eigenvalue weighted by Gasteiger charge is 2.40. The molecule has 6 rings (SSSR count). The number of aromatic nitrogens is 1. The number of nitrogens with zero attached hydrogens (tertiary/aromatic N) is 2. The average Bonchev–Trinajstić information content (AvgIpc) is 3.57. The number of carbonyl (C=O) groups excluding carboxylic acids is 1. The third-order valence-electron chi connectivity index (χ3n) is 7.84. The zero-order chi connectivity index (χ0) is 24.5. The number of carbonyl (C=O) groups is 1. The third kappa shape index (κ3) is 4.70. The van der Waals surface area contributed by atoms with Crippen molar-refractivity contribution in [2.75, 3.05) is 26.8 Å².